The number of carbonyl (C=O) groups is 1. The van der Waals surface area contributed by atoms with Gasteiger partial charge in [-0.25, -0.2) is 4.79 Å². The molecule has 0 heterocycles. The van der Waals surface area contributed by atoms with Crippen LogP contribution in [-0.2, 0) is 12.8 Å². The molecule has 0 spiro atoms. The van der Waals surface area contributed by atoms with Gasteiger partial charge in [0.2, 0.25) is 0 Å². The molecule has 0 saturated carbocycles. The van der Waals surface area contributed by atoms with E-state index in [0.717, 1.165) is 17.5 Å². The first-order valence-corrected chi connectivity index (χ1v) is 6.58. The number of hydrogen-bond acceptors (Lipinski definition) is 1. The molecule has 2 aromatic carbocycles. The molecule has 0 aliphatic heterocycles. The lowest BCUT2D eigenvalue weighted by molar-refractivity contribution is 0.0695. The molecule has 2 nitrogen and oxygen atoms in total. The Morgan fingerprint density at radius 3 is 2.21 bits per heavy atom. The van der Waals surface area contributed by atoms with Crippen molar-refractivity contribution in [2.45, 2.75) is 12.8 Å². The van der Waals surface area contributed by atoms with Crippen molar-refractivity contribution in [1.82, 2.24) is 0 Å². The summed E-state index contributed by atoms with van der Waals surface area (Å²) < 4.78 is 0. The molecule has 0 fully saturated rings. The van der Waals surface area contributed by atoms with Crippen LogP contribution in [0.2, 0.25) is 10.0 Å². The molecule has 0 unspecified atom stereocenters. The van der Waals surface area contributed by atoms with Crippen molar-refractivity contribution < 1.29 is 9.90 Å². The van der Waals surface area contributed by atoms with Crippen molar-refractivity contribution in [2.24, 2.45) is 0 Å². The van der Waals surface area contributed by atoms with Crippen molar-refractivity contribution in [3.05, 3.63) is 69.2 Å². The molecular weight excluding hydrogens is 283 g/mol. The van der Waals surface area contributed by atoms with Crippen LogP contribution in [0.3, 0.4) is 0 Å². The molecule has 0 saturated heterocycles. The van der Waals surface area contributed by atoms with Gasteiger partial charge in [-0.3, -0.25) is 0 Å². The smallest absolute Gasteiger partial charge is 0.336 e. The van der Waals surface area contributed by atoms with Crippen LogP contribution in [0.25, 0.3) is 0 Å². The highest BCUT2D eigenvalue weighted by Crippen LogP contribution is 2.19. The Hall–Kier alpha value is -1.51. The molecule has 0 aliphatic rings. The Balaban J connectivity index is 2.15. The van der Waals surface area contributed by atoms with E-state index in [4.69, 9.17) is 28.3 Å². The number of aryl methyl sites for hydroxylation is 2. The largest absolute Gasteiger partial charge is 0.478 e. The number of carboxylic acids is 1. The van der Waals surface area contributed by atoms with E-state index >= 15 is 0 Å². The van der Waals surface area contributed by atoms with Gasteiger partial charge in [0.1, 0.15) is 0 Å². The lowest BCUT2D eigenvalue weighted by Crippen LogP contribution is -2.03. The molecule has 0 aromatic heterocycles. The maximum Gasteiger partial charge on any atom is 0.336 e. The zero-order valence-electron chi connectivity index (χ0n) is 10.1. The summed E-state index contributed by atoms with van der Waals surface area (Å²) in [6, 6.07) is 12.5. The van der Waals surface area contributed by atoms with Crippen LogP contribution in [0.4, 0.5) is 0 Å². The average molecular weight is 295 g/mol. The second-order valence-corrected chi connectivity index (χ2v) is 5.11. The molecule has 4 heteroatoms. The molecule has 0 radical (unpaired) electrons. The summed E-state index contributed by atoms with van der Waals surface area (Å²) in [5.74, 6) is -0.950. The van der Waals surface area contributed by atoms with Gasteiger partial charge >= 0.3 is 5.97 Å². The topological polar surface area (TPSA) is 37.3 Å². The summed E-state index contributed by atoms with van der Waals surface area (Å²) in [6.07, 6.45) is 1.42. The fourth-order valence-electron chi connectivity index (χ4n) is 1.90. The van der Waals surface area contributed by atoms with Crippen LogP contribution in [0.1, 0.15) is 21.5 Å². The minimum atomic E-state index is -0.950. The summed E-state index contributed by atoms with van der Waals surface area (Å²) in [6.45, 7) is 0. The van der Waals surface area contributed by atoms with Gasteiger partial charge < -0.3 is 5.11 Å². The van der Waals surface area contributed by atoms with Crippen LogP contribution >= 0.6 is 23.2 Å². The van der Waals surface area contributed by atoms with Gasteiger partial charge in [0.05, 0.1) is 5.56 Å². The summed E-state index contributed by atoms with van der Waals surface area (Å²) in [7, 11) is 0. The van der Waals surface area contributed by atoms with E-state index in [2.05, 4.69) is 0 Å². The Kier molecular flexibility index (Phi) is 4.46. The van der Waals surface area contributed by atoms with E-state index < -0.39 is 5.97 Å². The van der Waals surface area contributed by atoms with Gasteiger partial charge in [0.15, 0.2) is 0 Å². The molecule has 19 heavy (non-hydrogen) atoms. The van der Waals surface area contributed by atoms with Crippen molar-refractivity contribution in [1.29, 1.82) is 0 Å². The van der Waals surface area contributed by atoms with Crippen molar-refractivity contribution in [2.75, 3.05) is 0 Å². The standard InChI is InChI=1S/C15H12Cl2O2/c16-12-6-2-10(3-7-12)1-4-11-5-8-13(17)9-14(11)15(18)19/h2-3,5-9H,1,4H2,(H,18,19). The molecule has 2 aromatic rings. The number of rotatable bonds is 4. The van der Waals surface area contributed by atoms with Crippen molar-refractivity contribution in [3.63, 3.8) is 0 Å². The Morgan fingerprint density at radius 1 is 0.947 bits per heavy atom. The predicted molar refractivity (Wildman–Crippen MR) is 77.3 cm³/mol. The second kappa shape index (κ2) is 6.09. The molecule has 2 rings (SSSR count). The van der Waals surface area contributed by atoms with E-state index in [-0.39, 0.29) is 5.56 Å². The van der Waals surface area contributed by atoms with Gasteiger partial charge in [-0.05, 0) is 48.2 Å². The maximum atomic E-state index is 11.2. The molecule has 98 valence electrons. The quantitative estimate of drug-likeness (QED) is 0.903. The molecule has 0 bridgehead atoms. The van der Waals surface area contributed by atoms with Gasteiger partial charge in [0, 0.05) is 10.0 Å². The number of aromatic carboxylic acids is 1. The fourth-order valence-corrected chi connectivity index (χ4v) is 2.19. The van der Waals surface area contributed by atoms with Crippen LogP contribution in [-0.4, -0.2) is 11.1 Å². The summed E-state index contributed by atoms with van der Waals surface area (Å²) in [5.41, 5.74) is 2.17. The highest BCUT2D eigenvalue weighted by molar-refractivity contribution is 6.31. The van der Waals surface area contributed by atoms with Crippen LogP contribution in [0, 0.1) is 0 Å². The number of benzene rings is 2. The van der Waals surface area contributed by atoms with E-state index in [9.17, 15) is 4.79 Å². The molecule has 0 amide bonds. The van der Waals surface area contributed by atoms with Gasteiger partial charge in [-0.15, -0.1) is 0 Å². The van der Waals surface area contributed by atoms with Gasteiger partial charge in [-0.1, -0.05) is 41.4 Å². The monoisotopic (exact) mass is 294 g/mol. The van der Waals surface area contributed by atoms with Gasteiger partial charge in [-0.2, -0.15) is 0 Å². The lowest BCUT2D eigenvalue weighted by atomic mass is 10.00. The first kappa shape index (κ1) is 13.9. The first-order chi connectivity index (χ1) is 9.06. The first-order valence-electron chi connectivity index (χ1n) is 5.82. The number of halogens is 2. The Bertz CT molecular complexity index is 592. The van der Waals surface area contributed by atoms with E-state index in [0.29, 0.717) is 16.5 Å². The summed E-state index contributed by atoms with van der Waals surface area (Å²) in [4.78, 5) is 11.2. The summed E-state index contributed by atoms with van der Waals surface area (Å²) in [5, 5.41) is 10.3. The highest BCUT2D eigenvalue weighted by atomic mass is 35.5. The van der Waals surface area contributed by atoms with Gasteiger partial charge in [0.25, 0.3) is 0 Å². The van der Waals surface area contributed by atoms with Crippen LogP contribution in [0.15, 0.2) is 42.5 Å². The van der Waals surface area contributed by atoms with E-state index in [1.54, 1.807) is 12.1 Å². The SMILES string of the molecule is O=C(O)c1cc(Cl)ccc1CCc1ccc(Cl)cc1. The van der Waals surface area contributed by atoms with Crippen molar-refractivity contribution in [3.8, 4) is 0 Å². The Labute approximate surface area is 121 Å². The lowest BCUT2D eigenvalue weighted by Gasteiger charge is -2.07. The third-order valence-corrected chi connectivity index (χ3v) is 3.39. The second-order valence-electron chi connectivity index (χ2n) is 4.23. The third-order valence-electron chi connectivity index (χ3n) is 2.90. The normalized spacial score (nSPS) is 10.4. The minimum Gasteiger partial charge on any atom is -0.478 e. The number of carboxylic acid groups (broad SMARTS) is 1. The fraction of sp³-hybridized carbons (Fsp3) is 0.133. The van der Waals surface area contributed by atoms with E-state index in [1.165, 1.54) is 6.07 Å². The molecular formula is C15H12Cl2O2. The highest BCUT2D eigenvalue weighted by Gasteiger charge is 2.10. The minimum absolute atomic E-state index is 0.265. The molecule has 0 aliphatic carbocycles. The predicted octanol–water partition coefficient (Wildman–Crippen LogP) is 4.48. The average Bonchev–Trinajstić information content (AvgIpc) is 2.39. The Morgan fingerprint density at radius 2 is 1.58 bits per heavy atom. The van der Waals surface area contributed by atoms with Crippen molar-refractivity contribution >= 4 is 29.2 Å². The molecule has 0 atom stereocenters. The maximum absolute atomic E-state index is 11.2. The van der Waals surface area contributed by atoms with E-state index in [1.807, 2.05) is 24.3 Å². The number of hydrogen-bond donors (Lipinski definition) is 1. The van der Waals surface area contributed by atoms with Crippen LogP contribution in [0.5, 0.6) is 0 Å². The van der Waals surface area contributed by atoms with Crippen LogP contribution < -0.4 is 0 Å². The zero-order valence-corrected chi connectivity index (χ0v) is 11.6. The molecule has 1 N–H and O–H groups in total. The summed E-state index contributed by atoms with van der Waals surface area (Å²) >= 11 is 11.6. The third kappa shape index (κ3) is 3.72. The zero-order chi connectivity index (χ0) is 13.8.